The molecule has 0 aliphatic heterocycles. The molecule has 0 saturated carbocycles. The largest absolute Gasteiger partial charge is 0.462 e. The van der Waals surface area contributed by atoms with Crippen LogP contribution in [0.1, 0.15) is 27.8 Å². The summed E-state index contributed by atoms with van der Waals surface area (Å²) in [5.74, 6) is -1.91. The summed E-state index contributed by atoms with van der Waals surface area (Å²) in [7, 11) is 0. The van der Waals surface area contributed by atoms with Crippen molar-refractivity contribution in [1.29, 1.82) is 0 Å². The average Bonchev–Trinajstić information content (AvgIpc) is 2.61. The lowest BCUT2D eigenvalue weighted by Crippen LogP contribution is -2.22. The normalized spacial score (nSPS) is 9.88. The molecule has 24 heavy (non-hydrogen) atoms. The minimum absolute atomic E-state index is 0.00257. The number of rotatable bonds is 6. The van der Waals surface area contributed by atoms with Crippen LogP contribution >= 0.6 is 0 Å². The van der Waals surface area contributed by atoms with Crippen molar-refractivity contribution < 1.29 is 23.9 Å². The number of carbonyl (C=O) groups is 3. The van der Waals surface area contributed by atoms with Crippen LogP contribution in [-0.2, 0) is 14.3 Å². The van der Waals surface area contributed by atoms with Crippen molar-refractivity contribution in [3.63, 3.8) is 0 Å². The lowest BCUT2D eigenvalue weighted by atomic mass is 10.2. The van der Waals surface area contributed by atoms with Crippen molar-refractivity contribution in [2.24, 2.45) is 0 Å². The topological polar surface area (TPSA) is 107 Å². The van der Waals surface area contributed by atoms with Gasteiger partial charge in [0, 0.05) is 12.4 Å². The van der Waals surface area contributed by atoms with Crippen molar-refractivity contribution in [3.05, 3.63) is 54.1 Å². The highest BCUT2D eigenvalue weighted by atomic mass is 16.5. The number of carbonyl (C=O) groups excluding carboxylic acids is 3. The van der Waals surface area contributed by atoms with Gasteiger partial charge in [-0.25, -0.2) is 14.6 Å². The van der Waals surface area contributed by atoms with Gasteiger partial charge >= 0.3 is 11.9 Å². The van der Waals surface area contributed by atoms with E-state index in [4.69, 9.17) is 9.47 Å². The predicted octanol–water partition coefficient (Wildman–Crippen LogP) is 1.45. The Bertz CT molecular complexity index is 734. The number of hydrogen-bond donors (Lipinski definition) is 1. The van der Waals surface area contributed by atoms with Gasteiger partial charge in [0.1, 0.15) is 0 Å². The summed E-state index contributed by atoms with van der Waals surface area (Å²) in [5.41, 5.74) is 0.488. The van der Waals surface area contributed by atoms with Gasteiger partial charge in [0.15, 0.2) is 12.3 Å². The zero-order chi connectivity index (χ0) is 17.4. The molecule has 8 nitrogen and oxygen atoms in total. The van der Waals surface area contributed by atoms with Gasteiger partial charge in [-0.1, -0.05) is 12.1 Å². The van der Waals surface area contributed by atoms with Gasteiger partial charge < -0.3 is 14.8 Å². The Morgan fingerprint density at radius 1 is 1.08 bits per heavy atom. The van der Waals surface area contributed by atoms with Gasteiger partial charge in [0.25, 0.3) is 5.91 Å². The summed E-state index contributed by atoms with van der Waals surface area (Å²) >= 11 is 0. The molecule has 1 aromatic heterocycles. The number of benzene rings is 1. The molecule has 1 heterocycles. The summed E-state index contributed by atoms with van der Waals surface area (Å²) in [5, 5.41) is 2.50. The first-order chi connectivity index (χ1) is 11.6. The smallest absolute Gasteiger partial charge is 0.359 e. The molecular formula is C16H15N3O5. The highest BCUT2D eigenvalue weighted by Crippen LogP contribution is 2.16. The molecule has 0 bridgehead atoms. The van der Waals surface area contributed by atoms with Crippen LogP contribution in [0.3, 0.4) is 0 Å². The predicted molar refractivity (Wildman–Crippen MR) is 83.3 cm³/mol. The Labute approximate surface area is 137 Å². The fourth-order valence-corrected chi connectivity index (χ4v) is 1.77. The molecule has 0 aliphatic carbocycles. The molecule has 0 radical (unpaired) electrons. The fourth-order valence-electron chi connectivity index (χ4n) is 1.77. The van der Waals surface area contributed by atoms with Gasteiger partial charge in [0.2, 0.25) is 0 Å². The zero-order valence-electron chi connectivity index (χ0n) is 12.9. The quantitative estimate of drug-likeness (QED) is 0.799. The van der Waals surface area contributed by atoms with E-state index in [1.165, 1.54) is 24.7 Å². The maximum atomic E-state index is 11.9. The second-order valence-corrected chi connectivity index (χ2v) is 4.48. The molecular weight excluding hydrogens is 314 g/mol. The highest BCUT2D eigenvalue weighted by molar-refractivity contribution is 6.02. The van der Waals surface area contributed by atoms with Crippen molar-refractivity contribution in [2.75, 3.05) is 18.5 Å². The van der Waals surface area contributed by atoms with E-state index in [1.54, 1.807) is 25.1 Å². The summed E-state index contributed by atoms with van der Waals surface area (Å²) in [6, 6.07) is 6.38. The van der Waals surface area contributed by atoms with Gasteiger partial charge in [-0.2, -0.15) is 0 Å². The number of anilines is 1. The molecule has 2 aromatic rings. The van der Waals surface area contributed by atoms with Crippen LogP contribution in [0.15, 0.2) is 42.9 Å². The van der Waals surface area contributed by atoms with E-state index in [-0.39, 0.29) is 23.6 Å². The summed E-state index contributed by atoms with van der Waals surface area (Å²) in [4.78, 5) is 42.9. The Balaban J connectivity index is 1.95. The van der Waals surface area contributed by atoms with E-state index in [0.29, 0.717) is 0 Å². The number of nitrogens with zero attached hydrogens (tertiary/aromatic N) is 2. The van der Waals surface area contributed by atoms with E-state index in [2.05, 4.69) is 15.3 Å². The molecule has 8 heteroatoms. The zero-order valence-corrected chi connectivity index (χ0v) is 12.9. The Kier molecular flexibility index (Phi) is 5.95. The van der Waals surface area contributed by atoms with Crippen LogP contribution in [0.2, 0.25) is 0 Å². The van der Waals surface area contributed by atoms with Crippen LogP contribution in [0.25, 0.3) is 0 Å². The SMILES string of the molecule is CCOC(=O)c1ccccc1NC(=O)COC(=O)c1cnccn1. The summed E-state index contributed by atoms with van der Waals surface area (Å²) < 4.78 is 9.76. The number of ether oxygens (including phenoxy) is 2. The van der Waals surface area contributed by atoms with E-state index in [9.17, 15) is 14.4 Å². The van der Waals surface area contributed by atoms with Gasteiger partial charge in [-0.15, -0.1) is 0 Å². The molecule has 0 atom stereocenters. The number of nitrogens with one attached hydrogen (secondary N) is 1. The minimum atomic E-state index is -0.767. The third-order valence-electron chi connectivity index (χ3n) is 2.80. The number of aromatic nitrogens is 2. The number of para-hydroxylation sites is 1. The van der Waals surface area contributed by atoms with Crippen molar-refractivity contribution in [1.82, 2.24) is 9.97 Å². The van der Waals surface area contributed by atoms with Crippen LogP contribution in [0, 0.1) is 0 Å². The van der Waals surface area contributed by atoms with E-state index in [0.717, 1.165) is 0 Å². The molecule has 0 aliphatic rings. The van der Waals surface area contributed by atoms with Crippen LogP contribution < -0.4 is 5.32 Å². The second-order valence-electron chi connectivity index (χ2n) is 4.48. The number of hydrogen-bond acceptors (Lipinski definition) is 7. The number of amides is 1. The third kappa shape index (κ3) is 4.60. The molecule has 0 unspecified atom stereocenters. The first kappa shape index (κ1) is 17.1. The van der Waals surface area contributed by atoms with E-state index >= 15 is 0 Å². The minimum Gasteiger partial charge on any atom is -0.462 e. The maximum Gasteiger partial charge on any atom is 0.359 e. The van der Waals surface area contributed by atoms with Crippen LogP contribution in [-0.4, -0.2) is 41.0 Å². The fraction of sp³-hybridized carbons (Fsp3) is 0.188. The van der Waals surface area contributed by atoms with Gasteiger partial charge in [0.05, 0.1) is 24.1 Å². The molecule has 124 valence electrons. The lowest BCUT2D eigenvalue weighted by molar-refractivity contribution is -0.119. The molecule has 0 fully saturated rings. The van der Waals surface area contributed by atoms with Crippen molar-refractivity contribution in [3.8, 4) is 0 Å². The second kappa shape index (κ2) is 8.37. The monoisotopic (exact) mass is 329 g/mol. The Morgan fingerprint density at radius 3 is 2.58 bits per heavy atom. The molecule has 1 N–H and O–H groups in total. The van der Waals surface area contributed by atoms with Crippen LogP contribution in [0.4, 0.5) is 5.69 Å². The van der Waals surface area contributed by atoms with Crippen molar-refractivity contribution in [2.45, 2.75) is 6.92 Å². The standard InChI is InChI=1S/C16H15N3O5/c1-2-23-15(21)11-5-3-4-6-12(11)19-14(20)10-24-16(22)13-9-17-7-8-18-13/h3-9H,2,10H2,1H3,(H,19,20). The molecule has 0 spiro atoms. The molecule has 0 saturated heterocycles. The van der Waals surface area contributed by atoms with E-state index < -0.39 is 24.5 Å². The maximum absolute atomic E-state index is 11.9. The lowest BCUT2D eigenvalue weighted by Gasteiger charge is -2.10. The average molecular weight is 329 g/mol. The molecule has 1 amide bonds. The first-order valence-corrected chi connectivity index (χ1v) is 7.11. The van der Waals surface area contributed by atoms with Gasteiger partial charge in [-0.3, -0.25) is 9.78 Å². The third-order valence-corrected chi connectivity index (χ3v) is 2.80. The van der Waals surface area contributed by atoms with E-state index in [1.807, 2.05) is 0 Å². The highest BCUT2D eigenvalue weighted by Gasteiger charge is 2.15. The van der Waals surface area contributed by atoms with Gasteiger partial charge in [-0.05, 0) is 19.1 Å². The molecule has 1 aromatic carbocycles. The first-order valence-electron chi connectivity index (χ1n) is 7.11. The summed E-state index contributed by atoms with van der Waals surface area (Å²) in [6.45, 7) is 1.38. The van der Waals surface area contributed by atoms with Crippen molar-refractivity contribution >= 4 is 23.5 Å². The molecule has 2 rings (SSSR count). The Hall–Kier alpha value is -3.29. The number of esters is 2. The van der Waals surface area contributed by atoms with Crippen LogP contribution in [0.5, 0.6) is 0 Å². The summed E-state index contributed by atoms with van der Waals surface area (Å²) in [6.07, 6.45) is 3.98. The Morgan fingerprint density at radius 2 is 1.88 bits per heavy atom.